The molecule has 1 N–H and O–H groups in total. The molecule has 0 bridgehead atoms. The third kappa shape index (κ3) is 5.46. The molecule has 2 aliphatic rings. The number of anilines is 1. The van der Waals surface area contributed by atoms with Crippen LogP contribution < -0.4 is 10.9 Å². The van der Waals surface area contributed by atoms with Crippen LogP contribution in [0.4, 0.5) is 5.69 Å². The van der Waals surface area contributed by atoms with Crippen molar-refractivity contribution in [3.63, 3.8) is 0 Å². The molecule has 1 aromatic heterocycles. The molecule has 4 rings (SSSR count). The van der Waals surface area contributed by atoms with E-state index in [2.05, 4.69) is 27.7 Å². The van der Waals surface area contributed by atoms with E-state index in [1.165, 1.54) is 0 Å². The van der Waals surface area contributed by atoms with Crippen LogP contribution >= 0.6 is 23.5 Å². The summed E-state index contributed by atoms with van der Waals surface area (Å²) in [7, 11) is 0. The quantitative estimate of drug-likeness (QED) is 0.624. The molecule has 7 nitrogen and oxygen atoms in total. The molecule has 3 heterocycles. The van der Waals surface area contributed by atoms with E-state index < -0.39 is 0 Å². The third-order valence-corrected chi connectivity index (χ3v) is 7.74. The maximum absolute atomic E-state index is 12.9. The zero-order valence-electron chi connectivity index (χ0n) is 18.2. The van der Waals surface area contributed by atoms with Gasteiger partial charge in [-0.3, -0.25) is 4.79 Å². The average Bonchev–Trinajstić information content (AvgIpc) is 2.82. The van der Waals surface area contributed by atoms with Crippen molar-refractivity contribution in [2.75, 3.05) is 31.6 Å². The molecule has 0 spiro atoms. The largest absolute Gasteiger partial charge is 0.382 e. The van der Waals surface area contributed by atoms with Gasteiger partial charge in [-0.15, -0.1) is 0 Å². The molecule has 1 aromatic carbocycles. The number of ether oxygens (including phenoxy) is 1. The smallest absolute Gasteiger partial charge is 0.287 e. The Morgan fingerprint density at radius 1 is 1.34 bits per heavy atom. The Kier molecular flexibility index (Phi) is 7.74. The zero-order valence-corrected chi connectivity index (χ0v) is 19.7. The standard InChI is InChI=1S/C23H28ClN5O2S/c1-16-11-19(8-9-28(16)32-20-6-4-17(12-25)5-7-20)29-23(30)22(24)21(14-27-29)26-13-18-3-2-10-31-15-18/h4-7,14,16,18-19,26H,2-3,8-11,13,15H2,1H3/t16?,18?,19-/m0/s1. The molecule has 0 radical (unpaired) electrons. The van der Waals surface area contributed by atoms with Crippen LogP contribution in [0.15, 0.2) is 40.2 Å². The van der Waals surface area contributed by atoms with Crippen molar-refractivity contribution >= 4 is 29.2 Å². The predicted molar refractivity (Wildman–Crippen MR) is 127 cm³/mol. The fourth-order valence-corrected chi connectivity index (χ4v) is 5.45. The lowest BCUT2D eigenvalue weighted by atomic mass is 10.0. The summed E-state index contributed by atoms with van der Waals surface area (Å²) in [6.07, 6.45) is 5.50. The summed E-state index contributed by atoms with van der Waals surface area (Å²) >= 11 is 8.12. The first-order valence-electron chi connectivity index (χ1n) is 11.1. The van der Waals surface area contributed by atoms with Gasteiger partial charge in [-0.25, -0.2) is 8.99 Å². The van der Waals surface area contributed by atoms with Crippen molar-refractivity contribution in [3.05, 3.63) is 51.4 Å². The molecule has 2 aromatic rings. The highest BCUT2D eigenvalue weighted by Crippen LogP contribution is 2.34. The molecule has 0 saturated carbocycles. The molecular formula is C23H28ClN5O2S. The first-order chi connectivity index (χ1) is 15.5. The number of rotatable bonds is 6. The van der Waals surface area contributed by atoms with Crippen molar-refractivity contribution in [1.29, 1.82) is 5.26 Å². The van der Waals surface area contributed by atoms with Gasteiger partial charge in [0.05, 0.1) is 36.2 Å². The van der Waals surface area contributed by atoms with E-state index in [-0.39, 0.29) is 22.7 Å². The summed E-state index contributed by atoms with van der Waals surface area (Å²) in [5.74, 6) is 0.432. The van der Waals surface area contributed by atoms with Crippen molar-refractivity contribution in [1.82, 2.24) is 14.1 Å². The van der Waals surface area contributed by atoms with Crippen molar-refractivity contribution in [3.8, 4) is 6.07 Å². The molecule has 2 fully saturated rings. The van der Waals surface area contributed by atoms with E-state index >= 15 is 0 Å². The minimum Gasteiger partial charge on any atom is -0.382 e. The molecule has 9 heteroatoms. The molecule has 2 saturated heterocycles. The number of hydrogen-bond acceptors (Lipinski definition) is 7. The Morgan fingerprint density at radius 3 is 2.84 bits per heavy atom. The van der Waals surface area contributed by atoms with E-state index in [1.807, 2.05) is 24.3 Å². The number of nitriles is 1. The van der Waals surface area contributed by atoms with Crippen LogP contribution in [-0.4, -0.2) is 46.4 Å². The van der Waals surface area contributed by atoms with Gasteiger partial charge in [-0.05, 0) is 74.7 Å². The number of aromatic nitrogens is 2. The van der Waals surface area contributed by atoms with Gasteiger partial charge in [-0.1, -0.05) is 11.6 Å². The van der Waals surface area contributed by atoms with E-state index in [0.29, 0.717) is 17.2 Å². The number of nitrogens with zero attached hydrogens (tertiary/aromatic N) is 4. The van der Waals surface area contributed by atoms with E-state index in [0.717, 1.165) is 56.9 Å². The van der Waals surface area contributed by atoms with Gasteiger partial charge in [0.15, 0.2) is 0 Å². The molecule has 0 aliphatic carbocycles. The predicted octanol–water partition coefficient (Wildman–Crippen LogP) is 4.34. The minimum atomic E-state index is -0.234. The SMILES string of the molecule is CC1C[C@@H](n2ncc(NCC3CCCOC3)c(Cl)c2=O)CCN1Sc1ccc(C#N)cc1. The molecule has 170 valence electrons. The third-order valence-electron chi connectivity index (χ3n) is 6.12. The fourth-order valence-electron chi connectivity index (χ4n) is 4.26. The molecule has 2 aliphatic heterocycles. The molecule has 3 atom stereocenters. The lowest BCUT2D eigenvalue weighted by molar-refractivity contribution is 0.0595. The van der Waals surface area contributed by atoms with Crippen molar-refractivity contribution in [2.24, 2.45) is 5.92 Å². The summed E-state index contributed by atoms with van der Waals surface area (Å²) in [4.78, 5) is 14.0. The van der Waals surface area contributed by atoms with Crippen LogP contribution in [0.2, 0.25) is 5.02 Å². The first kappa shape index (κ1) is 23.1. The van der Waals surface area contributed by atoms with E-state index in [9.17, 15) is 4.79 Å². The van der Waals surface area contributed by atoms with Gasteiger partial charge in [0.2, 0.25) is 0 Å². The second kappa shape index (κ2) is 10.7. The lowest BCUT2D eigenvalue weighted by Crippen LogP contribution is -2.40. The molecule has 2 unspecified atom stereocenters. The number of halogens is 1. The summed E-state index contributed by atoms with van der Waals surface area (Å²) < 4.78 is 9.40. The average molecular weight is 474 g/mol. The first-order valence-corrected chi connectivity index (χ1v) is 12.2. The van der Waals surface area contributed by atoms with Gasteiger partial charge in [-0.2, -0.15) is 10.4 Å². The maximum Gasteiger partial charge on any atom is 0.287 e. The number of hydrogen-bond donors (Lipinski definition) is 1. The van der Waals surface area contributed by atoms with Crippen molar-refractivity contribution < 1.29 is 4.74 Å². The minimum absolute atomic E-state index is 0.0219. The summed E-state index contributed by atoms with van der Waals surface area (Å²) in [5.41, 5.74) is 1.02. The Hall–Kier alpha value is -2.05. The number of nitrogens with one attached hydrogen (secondary N) is 1. The van der Waals surface area contributed by atoms with Gasteiger partial charge in [0.25, 0.3) is 5.56 Å². The van der Waals surface area contributed by atoms with Crippen LogP contribution in [0, 0.1) is 17.2 Å². The van der Waals surface area contributed by atoms with Crippen LogP contribution in [0.3, 0.4) is 0 Å². The summed E-state index contributed by atoms with van der Waals surface area (Å²) in [6.45, 7) is 5.30. The Labute approximate surface area is 197 Å². The topological polar surface area (TPSA) is 83.2 Å². The normalized spacial score (nSPS) is 24.1. The summed E-state index contributed by atoms with van der Waals surface area (Å²) in [6, 6.07) is 10.1. The second-order valence-electron chi connectivity index (χ2n) is 8.48. The molecule has 32 heavy (non-hydrogen) atoms. The van der Waals surface area contributed by atoms with E-state index in [1.54, 1.807) is 22.8 Å². The Bertz CT molecular complexity index is 1020. The Balaban J connectivity index is 1.37. The van der Waals surface area contributed by atoms with Gasteiger partial charge < -0.3 is 10.1 Å². The van der Waals surface area contributed by atoms with Crippen LogP contribution in [0.25, 0.3) is 0 Å². The van der Waals surface area contributed by atoms with Crippen LogP contribution in [0.5, 0.6) is 0 Å². The van der Waals surface area contributed by atoms with Crippen LogP contribution in [-0.2, 0) is 4.74 Å². The number of piperidine rings is 1. The number of benzene rings is 1. The van der Waals surface area contributed by atoms with Gasteiger partial charge >= 0.3 is 0 Å². The highest BCUT2D eigenvalue weighted by atomic mass is 35.5. The lowest BCUT2D eigenvalue weighted by Gasteiger charge is -2.36. The second-order valence-corrected chi connectivity index (χ2v) is 9.98. The zero-order chi connectivity index (χ0) is 22.5. The Morgan fingerprint density at radius 2 is 2.16 bits per heavy atom. The van der Waals surface area contributed by atoms with E-state index in [4.69, 9.17) is 21.6 Å². The molecular weight excluding hydrogens is 446 g/mol. The highest BCUT2D eigenvalue weighted by molar-refractivity contribution is 7.97. The molecule has 0 amide bonds. The van der Waals surface area contributed by atoms with Gasteiger partial charge in [0.1, 0.15) is 5.02 Å². The van der Waals surface area contributed by atoms with Gasteiger partial charge in [0, 0.05) is 30.6 Å². The van der Waals surface area contributed by atoms with Crippen LogP contribution in [0.1, 0.15) is 44.2 Å². The fraction of sp³-hybridized carbons (Fsp3) is 0.522. The summed E-state index contributed by atoms with van der Waals surface area (Å²) in [5, 5.41) is 16.9. The maximum atomic E-state index is 12.9. The highest BCUT2D eigenvalue weighted by Gasteiger charge is 2.29. The van der Waals surface area contributed by atoms with Crippen molar-refractivity contribution in [2.45, 2.75) is 49.6 Å². The monoisotopic (exact) mass is 473 g/mol.